The number of benzene rings is 1. The molecule has 1 unspecified atom stereocenters. The molecule has 4 nitrogen and oxygen atoms in total. The summed E-state index contributed by atoms with van der Waals surface area (Å²) < 4.78 is 10.5. The van der Waals surface area contributed by atoms with Gasteiger partial charge in [0.25, 0.3) is 0 Å². The summed E-state index contributed by atoms with van der Waals surface area (Å²) in [6.07, 6.45) is 0.661. The van der Waals surface area contributed by atoms with Crippen LogP contribution in [0.3, 0.4) is 0 Å². The predicted octanol–water partition coefficient (Wildman–Crippen LogP) is 1.78. The summed E-state index contributed by atoms with van der Waals surface area (Å²) in [5.74, 6) is 0.792. The second-order valence-electron chi connectivity index (χ2n) is 3.47. The molecular weight excluding hydrogens is 206 g/mol. The van der Waals surface area contributed by atoms with Gasteiger partial charge < -0.3 is 20.3 Å². The van der Waals surface area contributed by atoms with Gasteiger partial charge in [0.1, 0.15) is 5.75 Å². The molecule has 0 aliphatic carbocycles. The van der Waals surface area contributed by atoms with Crippen LogP contribution >= 0.6 is 0 Å². The van der Waals surface area contributed by atoms with Crippen LogP contribution in [0.15, 0.2) is 24.3 Å². The van der Waals surface area contributed by atoms with Gasteiger partial charge in [0.2, 0.25) is 0 Å². The summed E-state index contributed by atoms with van der Waals surface area (Å²) in [6.45, 7) is 2.95. The van der Waals surface area contributed by atoms with E-state index >= 15 is 0 Å². The Kier molecular flexibility index (Phi) is 5.67. The van der Waals surface area contributed by atoms with E-state index in [4.69, 9.17) is 15.2 Å². The van der Waals surface area contributed by atoms with Crippen LogP contribution in [0.25, 0.3) is 0 Å². The van der Waals surface area contributed by atoms with E-state index in [0.29, 0.717) is 19.6 Å². The van der Waals surface area contributed by atoms with Crippen LogP contribution in [-0.4, -0.2) is 24.6 Å². The smallest absolute Gasteiger partial charge is 0.154 e. The number of ether oxygens (including phenoxy) is 2. The van der Waals surface area contributed by atoms with Gasteiger partial charge in [-0.1, -0.05) is 0 Å². The Morgan fingerprint density at radius 2 is 2.00 bits per heavy atom. The fraction of sp³-hybridized carbons (Fsp3) is 0.500. The molecule has 0 heterocycles. The Morgan fingerprint density at radius 1 is 1.31 bits per heavy atom. The number of hydrogen-bond donors (Lipinski definition) is 2. The third-order valence-electron chi connectivity index (χ3n) is 2.10. The summed E-state index contributed by atoms with van der Waals surface area (Å²) in [7, 11) is 0. The van der Waals surface area contributed by atoms with Gasteiger partial charge in [-0.25, -0.2) is 0 Å². The molecule has 0 radical (unpaired) electrons. The molecule has 1 aromatic carbocycles. The second kappa shape index (κ2) is 7.09. The van der Waals surface area contributed by atoms with Crippen molar-refractivity contribution in [2.45, 2.75) is 26.1 Å². The lowest BCUT2D eigenvalue weighted by Crippen LogP contribution is -2.13. The molecule has 0 amide bonds. The second-order valence-corrected chi connectivity index (χ2v) is 3.47. The number of hydrogen-bond acceptors (Lipinski definition) is 4. The maximum Gasteiger partial charge on any atom is 0.154 e. The van der Waals surface area contributed by atoms with Crippen molar-refractivity contribution in [3.8, 4) is 5.75 Å². The van der Waals surface area contributed by atoms with Crippen molar-refractivity contribution in [3.63, 3.8) is 0 Å². The average molecular weight is 225 g/mol. The molecule has 3 N–H and O–H groups in total. The van der Waals surface area contributed by atoms with E-state index in [9.17, 15) is 5.11 Å². The van der Waals surface area contributed by atoms with Crippen LogP contribution in [0.5, 0.6) is 5.75 Å². The topological polar surface area (TPSA) is 64.7 Å². The predicted molar refractivity (Wildman–Crippen MR) is 63.2 cm³/mol. The molecule has 0 aliphatic rings. The van der Waals surface area contributed by atoms with E-state index in [1.807, 2.05) is 19.1 Å². The first-order chi connectivity index (χ1) is 7.72. The van der Waals surface area contributed by atoms with Gasteiger partial charge in [0.15, 0.2) is 6.29 Å². The largest absolute Gasteiger partial charge is 0.494 e. The Labute approximate surface area is 96.0 Å². The highest BCUT2D eigenvalue weighted by Crippen LogP contribution is 2.13. The molecule has 0 aromatic heterocycles. The Bertz CT molecular complexity index is 287. The molecule has 0 spiro atoms. The van der Waals surface area contributed by atoms with Crippen molar-refractivity contribution >= 4 is 5.69 Å². The lowest BCUT2D eigenvalue weighted by molar-refractivity contribution is -0.100. The van der Waals surface area contributed by atoms with Crippen LogP contribution in [0.1, 0.15) is 19.8 Å². The monoisotopic (exact) mass is 225 g/mol. The highest BCUT2D eigenvalue weighted by Gasteiger charge is 2.02. The van der Waals surface area contributed by atoms with Gasteiger partial charge in [0.05, 0.1) is 6.61 Å². The van der Waals surface area contributed by atoms with Gasteiger partial charge >= 0.3 is 0 Å². The minimum atomic E-state index is -0.681. The van der Waals surface area contributed by atoms with Crippen LogP contribution in [0.2, 0.25) is 0 Å². The lowest BCUT2D eigenvalue weighted by Gasteiger charge is -2.10. The zero-order valence-electron chi connectivity index (χ0n) is 9.56. The van der Waals surface area contributed by atoms with Gasteiger partial charge in [-0.05, 0) is 37.6 Å². The lowest BCUT2D eigenvalue weighted by atomic mass is 10.3. The zero-order valence-corrected chi connectivity index (χ0v) is 9.56. The molecule has 16 heavy (non-hydrogen) atoms. The van der Waals surface area contributed by atoms with Crippen LogP contribution in [0, 0.1) is 0 Å². The highest BCUT2D eigenvalue weighted by atomic mass is 16.6. The molecule has 0 saturated heterocycles. The molecule has 0 aliphatic heterocycles. The maximum absolute atomic E-state index is 9.29. The Balaban J connectivity index is 2.13. The number of rotatable bonds is 7. The molecule has 0 fully saturated rings. The van der Waals surface area contributed by atoms with E-state index in [-0.39, 0.29) is 0 Å². The van der Waals surface area contributed by atoms with E-state index in [1.54, 1.807) is 12.1 Å². The average Bonchev–Trinajstić information content (AvgIpc) is 2.27. The van der Waals surface area contributed by atoms with Crippen molar-refractivity contribution in [2.75, 3.05) is 18.9 Å². The SMILES string of the molecule is CCOC(O)CCCOc1ccc(N)cc1. The Hall–Kier alpha value is -1.26. The third kappa shape index (κ3) is 5.00. The molecule has 1 aromatic rings. The summed E-state index contributed by atoms with van der Waals surface area (Å²) in [4.78, 5) is 0. The number of anilines is 1. The summed E-state index contributed by atoms with van der Waals surface area (Å²) >= 11 is 0. The van der Waals surface area contributed by atoms with Crippen molar-refractivity contribution < 1.29 is 14.6 Å². The van der Waals surface area contributed by atoms with Gasteiger partial charge in [-0.3, -0.25) is 0 Å². The van der Waals surface area contributed by atoms with Crippen molar-refractivity contribution in [1.29, 1.82) is 0 Å². The molecule has 1 rings (SSSR count). The molecular formula is C12H19NO3. The van der Waals surface area contributed by atoms with Crippen molar-refractivity contribution in [3.05, 3.63) is 24.3 Å². The fourth-order valence-corrected chi connectivity index (χ4v) is 1.29. The van der Waals surface area contributed by atoms with Crippen LogP contribution in [-0.2, 0) is 4.74 Å². The molecule has 0 bridgehead atoms. The van der Waals surface area contributed by atoms with Crippen LogP contribution in [0.4, 0.5) is 5.69 Å². The first-order valence-electron chi connectivity index (χ1n) is 5.50. The van der Waals surface area contributed by atoms with Crippen LogP contribution < -0.4 is 10.5 Å². The van der Waals surface area contributed by atoms with E-state index in [1.165, 1.54) is 0 Å². The standard InChI is InChI=1S/C12H19NO3/c1-2-15-12(14)4-3-9-16-11-7-5-10(13)6-8-11/h5-8,12,14H,2-4,9,13H2,1H3. The first kappa shape index (κ1) is 12.8. The fourth-order valence-electron chi connectivity index (χ4n) is 1.29. The van der Waals surface area contributed by atoms with Gasteiger partial charge in [0, 0.05) is 18.7 Å². The summed E-state index contributed by atoms with van der Waals surface area (Å²) in [5, 5.41) is 9.29. The highest BCUT2D eigenvalue weighted by molar-refractivity contribution is 5.41. The van der Waals surface area contributed by atoms with E-state index in [0.717, 1.165) is 17.9 Å². The number of nitrogen functional groups attached to an aromatic ring is 1. The normalized spacial score (nSPS) is 12.4. The van der Waals surface area contributed by atoms with E-state index < -0.39 is 6.29 Å². The summed E-state index contributed by atoms with van der Waals surface area (Å²) in [5.41, 5.74) is 6.27. The van der Waals surface area contributed by atoms with Gasteiger partial charge in [-0.15, -0.1) is 0 Å². The first-order valence-corrected chi connectivity index (χ1v) is 5.50. The number of aliphatic hydroxyl groups is 1. The minimum Gasteiger partial charge on any atom is -0.494 e. The molecule has 90 valence electrons. The summed E-state index contributed by atoms with van der Waals surface area (Å²) in [6, 6.07) is 7.25. The third-order valence-corrected chi connectivity index (χ3v) is 2.10. The number of nitrogens with two attached hydrogens (primary N) is 1. The Morgan fingerprint density at radius 3 is 2.62 bits per heavy atom. The zero-order chi connectivity index (χ0) is 11.8. The quantitative estimate of drug-likeness (QED) is 0.422. The molecule has 0 saturated carbocycles. The molecule has 1 atom stereocenters. The van der Waals surface area contributed by atoms with E-state index in [2.05, 4.69) is 0 Å². The maximum atomic E-state index is 9.29. The molecule has 4 heteroatoms. The van der Waals surface area contributed by atoms with Gasteiger partial charge in [-0.2, -0.15) is 0 Å². The number of aliphatic hydroxyl groups excluding tert-OH is 1. The minimum absolute atomic E-state index is 0.528. The van der Waals surface area contributed by atoms with Crippen molar-refractivity contribution in [2.24, 2.45) is 0 Å². The van der Waals surface area contributed by atoms with Crippen molar-refractivity contribution in [1.82, 2.24) is 0 Å².